The molecule has 0 atom stereocenters. The molecule has 4 N–H and O–H groups in total. The number of fused-ring (bicyclic) bond motifs is 1. The fourth-order valence-corrected chi connectivity index (χ4v) is 4.03. The van der Waals surface area contributed by atoms with Crippen molar-refractivity contribution < 1.29 is 23.9 Å². The van der Waals surface area contributed by atoms with E-state index in [0.717, 1.165) is 12.8 Å². The van der Waals surface area contributed by atoms with Crippen molar-refractivity contribution in [3.8, 4) is 0 Å². The first-order valence-electron chi connectivity index (χ1n) is 10.5. The number of furan rings is 1. The second-order valence-corrected chi connectivity index (χ2v) is 8.30. The normalized spacial score (nSPS) is 18.0. The first-order chi connectivity index (χ1) is 15.9. The molecule has 33 heavy (non-hydrogen) atoms. The van der Waals surface area contributed by atoms with Crippen LogP contribution in [0.4, 0.5) is 16.3 Å². The van der Waals surface area contributed by atoms with Crippen LogP contribution in [0.3, 0.4) is 0 Å². The minimum Gasteiger partial charge on any atom is -0.465 e. The fraction of sp³-hybridized carbons (Fsp3) is 0.318. The van der Waals surface area contributed by atoms with E-state index in [2.05, 4.69) is 25.9 Å². The van der Waals surface area contributed by atoms with Gasteiger partial charge in [0.2, 0.25) is 11.7 Å². The van der Waals surface area contributed by atoms with Crippen molar-refractivity contribution in [1.29, 1.82) is 0 Å². The zero-order valence-corrected chi connectivity index (χ0v) is 18.3. The molecule has 3 heterocycles. The molecule has 11 heteroatoms. The van der Waals surface area contributed by atoms with Gasteiger partial charge in [0.1, 0.15) is 17.0 Å². The van der Waals surface area contributed by atoms with Crippen molar-refractivity contribution in [2.45, 2.75) is 25.7 Å². The highest BCUT2D eigenvalue weighted by Gasteiger charge is 2.30. The van der Waals surface area contributed by atoms with E-state index in [1.54, 1.807) is 30.5 Å². The number of nitrogens with zero attached hydrogens (tertiary/aromatic N) is 2. The Morgan fingerprint density at radius 1 is 1.09 bits per heavy atom. The topological polar surface area (TPSA) is 146 Å². The van der Waals surface area contributed by atoms with Gasteiger partial charge in [-0.1, -0.05) is 11.6 Å². The summed E-state index contributed by atoms with van der Waals surface area (Å²) in [4.78, 5) is 44.9. The van der Waals surface area contributed by atoms with Gasteiger partial charge in [0.15, 0.2) is 5.58 Å². The molecule has 3 aromatic heterocycles. The Hall–Kier alpha value is -3.66. The zero-order chi connectivity index (χ0) is 23.4. The molecule has 172 valence electrons. The summed E-state index contributed by atoms with van der Waals surface area (Å²) in [5.41, 5.74) is 0.946. The van der Waals surface area contributed by atoms with Crippen LogP contribution in [0.1, 0.15) is 36.2 Å². The van der Waals surface area contributed by atoms with Crippen LogP contribution >= 0.6 is 11.6 Å². The van der Waals surface area contributed by atoms with Gasteiger partial charge in [0.05, 0.1) is 5.02 Å². The van der Waals surface area contributed by atoms with Crippen LogP contribution in [-0.2, 0) is 4.79 Å². The van der Waals surface area contributed by atoms with Gasteiger partial charge in [-0.15, -0.1) is 0 Å². The highest BCUT2D eigenvalue weighted by Crippen LogP contribution is 2.33. The van der Waals surface area contributed by atoms with E-state index in [4.69, 9.17) is 21.1 Å². The lowest BCUT2D eigenvalue weighted by Gasteiger charge is -2.27. The number of rotatable bonds is 6. The summed E-state index contributed by atoms with van der Waals surface area (Å²) < 4.78 is 5.71. The number of hydrogen-bond donors (Lipinski definition) is 4. The lowest BCUT2D eigenvalue weighted by atomic mass is 9.81. The Morgan fingerprint density at radius 2 is 1.88 bits per heavy atom. The van der Waals surface area contributed by atoms with E-state index < -0.39 is 12.0 Å². The average molecular weight is 472 g/mol. The molecule has 10 nitrogen and oxygen atoms in total. The fourth-order valence-electron chi connectivity index (χ4n) is 3.91. The Labute approximate surface area is 193 Å². The molecular formula is C22H22ClN5O5. The van der Waals surface area contributed by atoms with Crippen LogP contribution in [0.5, 0.6) is 0 Å². The second-order valence-electron chi connectivity index (χ2n) is 7.87. The quantitative estimate of drug-likeness (QED) is 0.422. The molecule has 0 unspecified atom stereocenters. The number of carbonyl (C=O) groups is 3. The summed E-state index contributed by atoms with van der Waals surface area (Å²) in [6.45, 7) is 0.378. The molecule has 0 saturated heterocycles. The molecule has 1 saturated carbocycles. The van der Waals surface area contributed by atoms with Gasteiger partial charge < -0.3 is 25.5 Å². The van der Waals surface area contributed by atoms with Crippen LogP contribution < -0.4 is 16.0 Å². The maximum atomic E-state index is 13.0. The van der Waals surface area contributed by atoms with Gasteiger partial charge in [0.25, 0.3) is 5.91 Å². The van der Waals surface area contributed by atoms with Gasteiger partial charge in [-0.3, -0.25) is 14.6 Å². The van der Waals surface area contributed by atoms with Crippen LogP contribution in [0.2, 0.25) is 5.02 Å². The van der Waals surface area contributed by atoms with Gasteiger partial charge in [-0.05, 0) is 55.9 Å². The number of nitrogens with one attached hydrogen (secondary N) is 3. The molecular weight excluding hydrogens is 450 g/mol. The zero-order valence-electron chi connectivity index (χ0n) is 17.5. The predicted octanol–water partition coefficient (Wildman–Crippen LogP) is 4.14. The van der Waals surface area contributed by atoms with Gasteiger partial charge in [-0.25, -0.2) is 9.78 Å². The SMILES string of the molecule is O=C(O)NCC1CCC(C(=O)Nc2c(C(=O)Nc3ccc(Cl)cn3)oc3cccnc23)CC1. The second kappa shape index (κ2) is 9.86. The van der Waals surface area contributed by atoms with Crippen molar-refractivity contribution in [2.24, 2.45) is 11.8 Å². The third-order valence-electron chi connectivity index (χ3n) is 5.63. The first-order valence-corrected chi connectivity index (χ1v) is 10.9. The maximum absolute atomic E-state index is 13.0. The minimum atomic E-state index is -1.05. The molecule has 1 aliphatic carbocycles. The van der Waals surface area contributed by atoms with E-state index in [1.165, 1.54) is 6.20 Å². The monoisotopic (exact) mass is 471 g/mol. The molecule has 4 rings (SSSR count). The van der Waals surface area contributed by atoms with Crippen molar-refractivity contribution >= 4 is 52.1 Å². The molecule has 0 aromatic carbocycles. The van der Waals surface area contributed by atoms with Crippen molar-refractivity contribution in [2.75, 3.05) is 17.2 Å². The lowest BCUT2D eigenvalue weighted by molar-refractivity contribution is -0.121. The van der Waals surface area contributed by atoms with E-state index in [9.17, 15) is 14.4 Å². The maximum Gasteiger partial charge on any atom is 0.404 e. The van der Waals surface area contributed by atoms with Crippen LogP contribution in [0.15, 0.2) is 41.1 Å². The third kappa shape index (κ3) is 5.40. The summed E-state index contributed by atoms with van der Waals surface area (Å²) in [6.07, 6.45) is 4.62. The number of halogens is 1. The average Bonchev–Trinajstić information content (AvgIpc) is 3.18. The van der Waals surface area contributed by atoms with Crippen LogP contribution in [0, 0.1) is 11.8 Å². The van der Waals surface area contributed by atoms with Gasteiger partial charge >= 0.3 is 6.09 Å². The molecule has 1 fully saturated rings. The summed E-state index contributed by atoms with van der Waals surface area (Å²) in [7, 11) is 0. The molecule has 1 aliphatic rings. The highest BCUT2D eigenvalue weighted by molar-refractivity contribution is 6.30. The Morgan fingerprint density at radius 3 is 2.58 bits per heavy atom. The number of pyridine rings is 2. The number of anilines is 2. The number of carbonyl (C=O) groups excluding carboxylic acids is 2. The standard InChI is InChI=1S/C22H22ClN5O5/c23-14-7-8-16(25-11-14)27-21(30)19-18(17-15(33-19)2-1-9-24-17)28-20(29)13-5-3-12(4-6-13)10-26-22(31)32/h1-2,7-9,11-13,26H,3-6,10H2,(H,28,29)(H,31,32)(H,25,27,30). The first kappa shape index (κ1) is 22.5. The summed E-state index contributed by atoms with van der Waals surface area (Å²) in [6, 6.07) is 6.48. The van der Waals surface area contributed by atoms with E-state index in [-0.39, 0.29) is 35.0 Å². The largest absolute Gasteiger partial charge is 0.465 e. The van der Waals surface area contributed by atoms with E-state index in [0.29, 0.717) is 35.5 Å². The Bertz CT molecular complexity index is 1170. The summed E-state index contributed by atoms with van der Waals surface area (Å²) in [5, 5.41) is 17.1. The number of hydrogen-bond acceptors (Lipinski definition) is 6. The van der Waals surface area contributed by atoms with Crippen molar-refractivity contribution in [3.63, 3.8) is 0 Å². The molecule has 0 bridgehead atoms. The van der Waals surface area contributed by atoms with E-state index >= 15 is 0 Å². The molecule has 3 aromatic rings. The van der Waals surface area contributed by atoms with Crippen molar-refractivity contribution in [3.05, 3.63) is 47.4 Å². The Kier molecular flexibility index (Phi) is 6.74. The lowest BCUT2D eigenvalue weighted by Crippen LogP contribution is -2.33. The number of amides is 3. The van der Waals surface area contributed by atoms with E-state index in [1.807, 2.05) is 0 Å². The predicted molar refractivity (Wildman–Crippen MR) is 121 cm³/mol. The summed E-state index contributed by atoms with van der Waals surface area (Å²) >= 11 is 5.84. The number of aromatic nitrogens is 2. The Balaban J connectivity index is 1.49. The molecule has 0 spiro atoms. The molecule has 3 amide bonds. The number of carboxylic acid groups (broad SMARTS) is 1. The molecule has 0 radical (unpaired) electrons. The van der Waals surface area contributed by atoms with Gasteiger partial charge in [-0.2, -0.15) is 0 Å². The summed E-state index contributed by atoms with van der Waals surface area (Å²) in [5.74, 6) is -0.659. The smallest absolute Gasteiger partial charge is 0.404 e. The third-order valence-corrected chi connectivity index (χ3v) is 5.85. The minimum absolute atomic E-state index is 0.0758. The van der Waals surface area contributed by atoms with Gasteiger partial charge in [0, 0.05) is 24.9 Å². The van der Waals surface area contributed by atoms with Crippen LogP contribution in [0.25, 0.3) is 11.1 Å². The molecule has 0 aliphatic heterocycles. The van der Waals surface area contributed by atoms with Crippen LogP contribution in [-0.4, -0.2) is 39.5 Å². The van der Waals surface area contributed by atoms with Crippen molar-refractivity contribution in [1.82, 2.24) is 15.3 Å². The highest BCUT2D eigenvalue weighted by atomic mass is 35.5.